The van der Waals surface area contributed by atoms with Gasteiger partial charge in [0.15, 0.2) is 17.5 Å². The number of ether oxygens (including phenoxy) is 1. The summed E-state index contributed by atoms with van der Waals surface area (Å²) in [5, 5.41) is 0. The summed E-state index contributed by atoms with van der Waals surface area (Å²) in [6.07, 6.45) is -4.61. The van der Waals surface area contributed by atoms with Crippen LogP contribution in [-0.2, 0) is 6.11 Å². The zero-order chi connectivity index (χ0) is 16.7. The molecule has 114 valence electrons. The molecule has 0 N–H and O–H groups in total. The molecule has 2 rings (SSSR count). The van der Waals surface area contributed by atoms with Crippen LogP contribution in [0.2, 0.25) is 0 Å². The molecule has 2 aromatic carbocycles. The highest BCUT2D eigenvalue weighted by Gasteiger charge is 2.41. The number of hydrogen-bond donors (Lipinski definition) is 0. The highest BCUT2D eigenvalue weighted by atomic mass is 19.3. The minimum atomic E-state index is -4.61. The van der Waals surface area contributed by atoms with E-state index in [-0.39, 0.29) is 12.1 Å². The molecule has 0 heterocycles. The second kappa shape index (κ2) is 5.55. The molecule has 2 radical (unpaired) electrons. The van der Waals surface area contributed by atoms with Gasteiger partial charge >= 0.3 is 6.11 Å². The molecule has 0 atom stereocenters. The van der Waals surface area contributed by atoms with Crippen molar-refractivity contribution in [1.82, 2.24) is 0 Å². The number of benzene rings is 2. The monoisotopic (exact) mass is 320 g/mol. The Labute approximate surface area is 120 Å². The lowest BCUT2D eigenvalue weighted by Crippen LogP contribution is -2.26. The average Bonchev–Trinajstić information content (AvgIpc) is 2.33. The van der Waals surface area contributed by atoms with E-state index in [9.17, 15) is 30.7 Å². The van der Waals surface area contributed by atoms with E-state index in [1.807, 2.05) is 0 Å². The SMILES string of the molecule is [B]c1cc(F)c(C(F)(F)Oc2cc(F)c(F)c(F)c2)c(F)c1. The van der Waals surface area contributed by atoms with E-state index in [0.717, 1.165) is 0 Å². The molecule has 2 aromatic rings. The van der Waals surface area contributed by atoms with E-state index < -0.39 is 52.0 Å². The summed E-state index contributed by atoms with van der Waals surface area (Å²) in [5.41, 5.74) is -2.25. The third-order valence-electron chi connectivity index (χ3n) is 2.56. The third-order valence-corrected chi connectivity index (χ3v) is 2.56. The highest BCUT2D eigenvalue weighted by molar-refractivity contribution is 6.32. The summed E-state index contributed by atoms with van der Waals surface area (Å²) in [7, 11) is 5.07. The second-order valence-electron chi connectivity index (χ2n) is 4.18. The van der Waals surface area contributed by atoms with Crippen molar-refractivity contribution in [1.29, 1.82) is 0 Å². The standard InChI is InChI=1S/C13H4BF7O/c14-5-1-7(15)11(8(16)2-5)13(20,21)22-6-3-9(17)12(19)10(18)4-6/h1-4H. The predicted molar refractivity (Wildman–Crippen MR) is 62.6 cm³/mol. The highest BCUT2D eigenvalue weighted by Crippen LogP contribution is 2.35. The normalized spacial score (nSPS) is 11.6. The molecule has 0 fully saturated rings. The van der Waals surface area contributed by atoms with Gasteiger partial charge in [-0.15, -0.1) is 0 Å². The van der Waals surface area contributed by atoms with Crippen LogP contribution in [-0.4, -0.2) is 7.85 Å². The van der Waals surface area contributed by atoms with Crippen LogP contribution in [0.5, 0.6) is 5.75 Å². The van der Waals surface area contributed by atoms with Gasteiger partial charge in [0.05, 0.1) is 0 Å². The van der Waals surface area contributed by atoms with Gasteiger partial charge in [0.2, 0.25) is 0 Å². The largest absolute Gasteiger partial charge is 0.432 e. The average molecular weight is 320 g/mol. The third kappa shape index (κ3) is 3.02. The molecule has 0 aromatic heterocycles. The molecule has 0 spiro atoms. The Hall–Kier alpha value is -2.19. The number of hydrogen-bond acceptors (Lipinski definition) is 1. The van der Waals surface area contributed by atoms with Crippen molar-refractivity contribution in [3.8, 4) is 5.75 Å². The van der Waals surface area contributed by atoms with E-state index in [1.165, 1.54) is 0 Å². The summed E-state index contributed by atoms with van der Waals surface area (Å²) in [4.78, 5) is 0. The first-order valence-electron chi connectivity index (χ1n) is 5.58. The van der Waals surface area contributed by atoms with Crippen molar-refractivity contribution < 1.29 is 35.5 Å². The van der Waals surface area contributed by atoms with Gasteiger partial charge in [0.1, 0.15) is 30.8 Å². The Morgan fingerprint density at radius 3 is 1.68 bits per heavy atom. The Morgan fingerprint density at radius 2 is 1.23 bits per heavy atom. The Bertz CT molecular complexity index is 686. The van der Waals surface area contributed by atoms with Gasteiger partial charge in [0.25, 0.3) is 0 Å². The maximum absolute atomic E-state index is 13.8. The quantitative estimate of drug-likeness (QED) is 0.479. The molecule has 22 heavy (non-hydrogen) atoms. The van der Waals surface area contributed by atoms with Crippen molar-refractivity contribution in [2.45, 2.75) is 6.11 Å². The lowest BCUT2D eigenvalue weighted by atomic mass is 9.94. The van der Waals surface area contributed by atoms with Crippen LogP contribution < -0.4 is 10.2 Å². The Kier molecular flexibility index (Phi) is 4.08. The van der Waals surface area contributed by atoms with Gasteiger partial charge in [-0.25, -0.2) is 22.0 Å². The summed E-state index contributed by atoms with van der Waals surface area (Å²) in [6, 6.07) is 1.06. The smallest absolute Gasteiger partial charge is 0.429 e. The molecule has 0 amide bonds. The fraction of sp³-hybridized carbons (Fsp3) is 0.0769. The number of rotatable bonds is 3. The number of halogens is 7. The van der Waals surface area contributed by atoms with Crippen molar-refractivity contribution in [3.63, 3.8) is 0 Å². The molecule has 0 bridgehead atoms. The van der Waals surface area contributed by atoms with Crippen LogP contribution in [0, 0.1) is 29.1 Å². The topological polar surface area (TPSA) is 9.23 Å². The predicted octanol–water partition coefficient (Wildman–Crippen LogP) is 3.30. The first-order valence-corrected chi connectivity index (χ1v) is 5.58. The minimum absolute atomic E-state index is 0.111. The summed E-state index contributed by atoms with van der Waals surface area (Å²) < 4.78 is 96.9. The maximum atomic E-state index is 13.8. The maximum Gasteiger partial charge on any atom is 0.432 e. The molecule has 0 saturated carbocycles. The first kappa shape index (κ1) is 16.2. The van der Waals surface area contributed by atoms with Crippen LogP contribution in [0.4, 0.5) is 30.7 Å². The van der Waals surface area contributed by atoms with E-state index >= 15 is 0 Å². The van der Waals surface area contributed by atoms with Gasteiger partial charge in [-0.2, -0.15) is 8.78 Å². The lowest BCUT2D eigenvalue weighted by Gasteiger charge is -2.20. The number of alkyl halides is 2. The van der Waals surface area contributed by atoms with E-state index in [0.29, 0.717) is 12.1 Å². The van der Waals surface area contributed by atoms with Gasteiger partial charge in [-0.1, -0.05) is 5.46 Å². The van der Waals surface area contributed by atoms with Crippen LogP contribution in [0.15, 0.2) is 24.3 Å². The summed E-state index contributed by atoms with van der Waals surface area (Å²) in [6.45, 7) is 0. The Morgan fingerprint density at radius 1 is 0.773 bits per heavy atom. The molecule has 0 aliphatic carbocycles. The van der Waals surface area contributed by atoms with E-state index in [2.05, 4.69) is 4.74 Å². The zero-order valence-corrected chi connectivity index (χ0v) is 10.4. The molecule has 0 unspecified atom stereocenters. The van der Waals surface area contributed by atoms with Gasteiger partial charge in [0, 0.05) is 12.1 Å². The molecule has 0 saturated heterocycles. The molecule has 9 heteroatoms. The summed E-state index contributed by atoms with van der Waals surface area (Å²) >= 11 is 0. The fourth-order valence-electron chi connectivity index (χ4n) is 1.66. The molecule has 0 aliphatic rings. The van der Waals surface area contributed by atoms with Crippen molar-refractivity contribution in [2.75, 3.05) is 0 Å². The van der Waals surface area contributed by atoms with Gasteiger partial charge in [-0.3, -0.25) is 0 Å². The minimum Gasteiger partial charge on any atom is -0.429 e. The second-order valence-corrected chi connectivity index (χ2v) is 4.18. The van der Waals surface area contributed by atoms with Crippen LogP contribution in [0.1, 0.15) is 5.56 Å². The fourth-order valence-corrected chi connectivity index (χ4v) is 1.66. The van der Waals surface area contributed by atoms with Crippen molar-refractivity contribution >= 4 is 13.3 Å². The van der Waals surface area contributed by atoms with Gasteiger partial charge in [-0.05, 0) is 12.1 Å². The molecular weight excluding hydrogens is 316 g/mol. The van der Waals surface area contributed by atoms with Crippen molar-refractivity contribution in [3.05, 3.63) is 58.9 Å². The van der Waals surface area contributed by atoms with Crippen LogP contribution in [0.25, 0.3) is 0 Å². The van der Waals surface area contributed by atoms with Crippen LogP contribution >= 0.6 is 0 Å². The molecular formula is C13H4BF7O. The van der Waals surface area contributed by atoms with Gasteiger partial charge < -0.3 is 4.74 Å². The lowest BCUT2D eigenvalue weighted by molar-refractivity contribution is -0.189. The first-order chi connectivity index (χ1) is 10.1. The van der Waals surface area contributed by atoms with Crippen LogP contribution in [0.3, 0.4) is 0 Å². The molecule has 0 aliphatic heterocycles. The van der Waals surface area contributed by atoms with Crippen molar-refractivity contribution in [2.24, 2.45) is 0 Å². The Balaban J connectivity index is 2.44. The van der Waals surface area contributed by atoms with E-state index in [1.54, 1.807) is 0 Å². The van der Waals surface area contributed by atoms with E-state index in [4.69, 9.17) is 7.85 Å². The summed E-state index contributed by atoms with van der Waals surface area (Å²) in [5.74, 6) is -10.1. The zero-order valence-electron chi connectivity index (χ0n) is 10.4. The molecule has 1 nitrogen and oxygen atoms in total.